The van der Waals surface area contributed by atoms with Crippen LogP contribution in [0.25, 0.3) is 10.9 Å². The molecule has 8 heteroatoms. The summed E-state index contributed by atoms with van der Waals surface area (Å²) < 4.78 is 10.7. The van der Waals surface area contributed by atoms with Gasteiger partial charge >= 0.3 is 0 Å². The van der Waals surface area contributed by atoms with E-state index in [9.17, 15) is 0 Å². The van der Waals surface area contributed by atoms with Gasteiger partial charge in [0.05, 0.1) is 38.1 Å². The molecule has 118 valence electrons. The zero-order chi connectivity index (χ0) is 15.6. The molecule has 2 aromatic rings. The first-order chi connectivity index (χ1) is 11.3. The largest absolute Gasteiger partial charge is 0.378 e. The lowest BCUT2D eigenvalue weighted by atomic mass is 9.99. The van der Waals surface area contributed by atoms with E-state index >= 15 is 0 Å². The second kappa shape index (κ2) is 6.29. The third-order valence-electron chi connectivity index (χ3n) is 4.21. The SMILES string of the molecule is [B]c1nc(N2CCOCC2)nc2cnc(N3CCOCC3)cc12. The maximum Gasteiger partial charge on any atom is 0.225 e. The molecule has 4 rings (SSSR count). The molecule has 0 aliphatic carbocycles. The Morgan fingerprint density at radius 3 is 2.26 bits per heavy atom. The van der Waals surface area contributed by atoms with Gasteiger partial charge in [0.15, 0.2) is 0 Å². The van der Waals surface area contributed by atoms with E-state index in [1.165, 1.54) is 0 Å². The summed E-state index contributed by atoms with van der Waals surface area (Å²) in [6.45, 7) is 6.07. The number of fused-ring (bicyclic) bond motifs is 1. The molecule has 7 nitrogen and oxygen atoms in total. The molecule has 0 spiro atoms. The highest BCUT2D eigenvalue weighted by atomic mass is 16.5. The van der Waals surface area contributed by atoms with E-state index in [0.717, 1.165) is 56.1 Å². The van der Waals surface area contributed by atoms with Gasteiger partial charge in [0.1, 0.15) is 13.7 Å². The summed E-state index contributed by atoms with van der Waals surface area (Å²) >= 11 is 0. The number of morpholine rings is 2. The van der Waals surface area contributed by atoms with Crippen molar-refractivity contribution in [3.05, 3.63) is 12.3 Å². The van der Waals surface area contributed by atoms with E-state index in [4.69, 9.17) is 17.3 Å². The second-order valence-electron chi connectivity index (χ2n) is 5.67. The van der Waals surface area contributed by atoms with Crippen molar-refractivity contribution in [2.24, 2.45) is 0 Å². The van der Waals surface area contributed by atoms with Crippen LogP contribution < -0.4 is 15.4 Å². The highest BCUT2D eigenvalue weighted by Crippen LogP contribution is 2.19. The molecule has 2 fully saturated rings. The molecule has 2 aromatic heterocycles. The van der Waals surface area contributed by atoms with E-state index < -0.39 is 0 Å². The molecule has 0 saturated carbocycles. The zero-order valence-electron chi connectivity index (χ0n) is 12.9. The number of anilines is 2. The zero-order valence-corrected chi connectivity index (χ0v) is 12.9. The molecule has 0 atom stereocenters. The van der Waals surface area contributed by atoms with Crippen LogP contribution in [0.1, 0.15) is 0 Å². The predicted molar refractivity (Wildman–Crippen MR) is 88.8 cm³/mol. The molecule has 4 heterocycles. The summed E-state index contributed by atoms with van der Waals surface area (Å²) in [6.07, 6.45) is 1.78. The van der Waals surface area contributed by atoms with Gasteiger partial charge in [0.2, 0.25) is 5.95 Å². The lowest BCUT2D eigenvalue weighted by Crippen LogP contribution is -2.38. The summed E-state index contributed by atoms with van der Waals surface area (Å²) in [5.74, 6) is 1.55. The van der Waals surface area contributed by atoms with Gasteiger partial charge in [-0.1, -0.05) is 0 Å². The Kier molecular flexibility index (Phi) is 4.01. The topological polar surface area (TPSA) is 63.6 Å². The van der Waals surface area contributed by atoms with Crippen LogP contribution in [0.4, 0.5) is 11.8 Å². The number of rotatable bonds is 2. The number of ether oxygens (including phenoxy) is 2. The van der Waals surface area contributed by atoms with Crippen LogP contribution in [-0.4, -0.2) is 75.4 Å². The van der Waals surface area contributed by atoms with Crippen molar-refractivity contribution in [2.45, 2.75) is 0 Å². The maximum absolute atomic E-state index is 6.18. The maximum atomic E-state index is 6.18. The third kappa shape index (κ3) is 2.96. The summed E-state index contributed by atoms with van der Waals surface area (Å²) in [6, 6.07) is 1.97. The molecule has 23 heavy (non-hydrogen) atoms. The van der Waals surface area contributed by atoms with Gasteiger partial charge in [-0.25, -0.2) is 15.0 Å². The van der Waals surface area contributed by atoms with Crippen molar-refractivity contribution in [2.75, 3.05) is 62.4 Å². The molecule has 2 aliphatic rings. The fourth-order valence-electron chi connectivity index (χ4n) is 2.90. The third-order valence-corrected chi connectivity index (χ3v) is 4.21. The van der Waals surface area contributed by atoms with Gasteiger partial charge in [-0.2, -0.15) is 0 Å². The predicted octanol–water partition coefficient (Wildman–Crippen LogP) is -0.508. The first kappa shape index (κ1) is 14.7. The van der Waals surface area contributed by atoms with Crippen molar-refractivity contribution in [3.63, 3.8) is 0 Å². The highest BCUT2D eigenvalue weighted by molar-refractivity contribution is 6.37. The van der Waals surface area contributed by atoms with Gasteiger partial charge in [0, 0.05) is 37.2 Å². The average Bonchev–Trinajstić information content (AvgIpc) is 2.63. The minimum absolute atomic E-state index is 0.494. The van der Waals surface area contributed by atoms with Crippen molar-refractivity contribution in [1.29, 1.82) is 0 Å². The normalized spacial score (nSPS) is 19.3. The lowest BCUT2D eigenvalue weighted by Gasteiger charge is -2.28. The van der Waals surface area contributed by atoms with E-state index in [0.29, 0.717) is 24.8 Å². The van der Waals surface area contributed by atoms with Crippen molar-refractivity contribution in [1.82, 2.24) is 15.0 Å². The minimum Gasteiger partial charge on any atom is -0.378 e. The number of hydrogen-bond donors (Lipinski definition) is 0. The quantitative estimate of drug-likeness (QED) is 0.692. The average molecular weight is 311 g/mol. The van der Waals surface area contributed by atoms with Crippen molar-refractivity contribution >= 4 is 36.1 Å². The second-order valence-corrected chi connectivity index (χ2v) is 5.67. The van der Waals surface area contributed by atoms with E-state index in [-0.39, 0.29) is 0 Å². The van der Waals surface area contributed by atoms with Crippen LogP contribution in [0.15, 0.2) is 12.3 Å². The molecule has 0 aromatic carbocycles. The van der Waals surface area contributed by atoms with E-state index in [2.05, 4.69) is 24.8 Å². The van der Waals surface area contributed by atoms with Gasteiger partial charge in [-0.15, -0.1) is 0 Å². The molecular formula is C15H18BN5O2. The van der Waals surface area contributed by atoms with Gasteiger partial charge in [-0.05, 0) is 6.07 Å². The standard InChI is InChI=1S/C15H18BN5O2/c16-14-11-9-13(20-1-5-22-6-2-20)17-10-12(11)18-15(19-14)21-3-7-23-8-4-21/h9-10H,1-8H2. The van der Waals surface area contributed by atoms with Crippen molar-refractivity contribution < 1.29 is 9.47 Å². The molecule has 2 radical (unpaired) electrons. The molecule has 0 unspecified atom stereocenters. The Hall–Kier alpha value is -1.93. The smallest absolute Gasteiger partial charge is 0.225 e. The number of aromatic nitrogens is 3. The molecule has 2 saturated heterocycles. The molecular weight excluding hydrogens is 293 g/mol. The van der Waals surface area contributed by atoms with Crippen LogP contribution in [0.5, 0.6) is 0 Å². The summed E-state index contributed by atoms with van der Waals surface area (Å²) in [5.41, 5.74) is 1.27. The summed E-state index contributed by atoms with van der Waals surface area (Å²) in [5, 5.41) is 0.846. The van der Waals surface area contributed by atoms with Crippen LogP contribution in [0.3, 0.4) is 0 Å². The summed E-state index contributed by atoms with van der Waals surface area (Å²) in [7, 11) is 6.18. The lowest BCUT2D eigenvalue weighted by molar-refractivity contribution is 0.122. The van der Waals surface area contributed by atoms with Crippen LogP contribution in [0, 0.1) is 0 Å². The minimum atomic E-state index is 0.494. The Bertz CT molecular complexity index is 702. The van der Waals surface area contributed by atoms with Crippen LogP contribution in [-0.2, 0) is 9.47 Å². The van der Waals surface area contributed by atoms with Gasteiger partial charge in [-0.3, -0.25) is 0 Å². The number of pyridine rings is 1. The molecule has 0 bridgehead atoms. The fourth-order valence-corrected chi connectivity index (χ4v) is 2.90. The number of hydrogen-bond acceptors (Lipinski definition) is 7. The van der Waals surface area contributed by atoms with E-state index in [1.807, 2.05) is 6.07 Å². The fraction of sp³-hybridized carbons (Fsp3) is 0.533. The highest BCUT2D eigenvalue weighted by Gasteiger charge is 2.17. The van der Waals surface area contributed by atoms with Crippen molar-refractivity contribution in [3.8, 4) is 0 Å². The van der Waals surface area contributed by atoms with Gasteiger partial charge < -0.3 is 19.3 Å². The first-order valence-electron chi connectivity index (χ1n) is 7.90. The summed E-state index contributed by atoms with van der Waals surface area (Å²) in [4.78, 5) is 17.9. The Labute approximate surface area is 136 Å². The monoisotopic (exact) mass is 311 g/mol. The van der Waals surface area contributed by atoms with Crippen LogP contribution in [0.2, 0.25) is 0 Å². The van der Waals surface area contributed by atoms with Crippen LogP contribution >= 0.6 is 0 Å². The molecule has 2 aliphatic heterocycles. The Morgan fingerprint density at radius 2 is 1.57 bits per heavy atom. The number of nitrogens with zero attached hydrogens (tertiary/aromatic N) is 5. The van der Waals surface area contributed by atoms with Gasteiger partial charge in [0.25, 0.3) is 0 Å². The van der Waals surface area contributed by atoms with E-state index in [1.54, 1.807) is 6.20 Å². The first-order valence-corrected chi connectivity index (χ1v) is 7.90. The molecule has 0 amide bonds. The molecule has 0 N–H and O–H groups in total. The Balaban J connectivity index is 1.67. The Morgan fingerprint density at radius 1 is 0.913 bits per heavy atom.